The molecule has 0 saturated carbocycles. The normalized spacial score (nSPS) is 13.6. The number of carbonyl (C=O) groups excluding carboxylic acids is 1. The molecule has 1 amide bonds. The van der Waals surface area contributed by atoms with E-state index in [2.05, 4.69) is 10.4 Å². The molecule has 0 spiro atoms. The minimum atomic E-state index is -0.0460. The van der Waals surface area contributed by atoms with E-state index in [1.165, 1.54) is 18.3 Å². The van der Waals surface area contributed by atoms with E-state index in [-0.39, 0.29) is 5.91 Å². The molecule has 0 fully saturated rings. The number of aromatic nitrogens is 1. The first-order valence-electron chi connectivity index (χ1n) is 6.27. The standard InChI is InChI=1S/C13H13ClN4O2S/c1-7(19)18-2-3-20-12-9(4-8(14)5-11(12)18)10-6-21-13(16-10)17-15/h4-6H,2-3,15H2,1H3,(H,16,17). The van der Waals surface area contributed by atoms with Crippen LogP contribution in [0.5, 0.6) is 5.75 Å². The maximum atomic E-state index is 11.8. The number of amides is 1. The Kier molecular flexibility index (Phi) is 3.71. The Morgan fingerprint density at radius 3 is 3.05 bits per heavy atom. The van der Waals surface area contributed by atoms with Crippen LogP contribution in [0.3, 0.4) is 0 Å². The van der Waals surface area contributed by atoms with Crippen LogP contribution in [0, 0.1) is 0 Å². The predicted octanol–water partition coefficient (Wildman–Crippen LogP) is 2.49. The van der Waals surface area contributed by atoms with Crippen LogP contribution in [0.25, 0.3) is 11.3 Å². The second kappa shape index (κ2) is 5.51. The molecule has 21 heavy (non-hydrogen) atoms. The lowest BCUT2D eigenvalue weighted by molar-refractivity contribution is -0.116. The summed E-state index contributed by atoms with van der Waals surface area (Å²) in [6.07, 6.45) is 0. The van der Waals surface area contributed by atoms with Crippen LogP contribution < -0.4 is 20.9 Å². The molecule has 1 aromatic heterocycles. The number of halogens is 1. The van der Waals surface area contributed by atoms with Crippen molar-refractivity contribution in [2.75, 3.05) is 23.5 Å². The second-order valence-corrected chi connectivity index (χ2v) is 5.80. The van der Waals surface area contributed by atoms with Gasteiger partial charge in [0.1, 0.15) is 6.61 Å². The van der Waals surface area contributed by atoms with Crippen LogP contribution in [0.1, 0.15) is 6.92 Å². The van der Waals surface area contributed by atoms with E-state index in [1.807, 2.05) is 5.38 Å². The second-order valence-electron chi connectivity index (χ2n) is 4.50. The van der Waals surface area contributed by atoms with Gasteiger partial charge in [-0.3, -0.25) is 10.2 Å². The van der Waals surface area contributed by atoms with Gasteiger partial charge in [-0.2, -0.15) is 0 Å². The number of fused-ring (bicyclic) bond motifs is 1. The number of ether oxygens (including phenoxy) is 1. The van der Waals surface area contributed by atoms with Gasteiger partial charge in [-0.25, -0.2) is 10.8 Å². The van der Waals surface area contributed by atoms with Gasteiger partial charge in [0.25, 0.3) is 0 Å². The highest BCUT2D eigenvalue weighted by molar-refractivity contribution is 7.14. The third-order valence-corrected chi connectivity index (χ3v) is 4.16. The molecule has 0 atom stereocenters. The van der Waals surface area contributed by atoms with E-state index in [0.29, 0.717) is 40.4 Å². The fourth-order valence-corrected chi connectivity index (χ4v) is 3.11. The van der Waals surface area contributed by atoms with Crippen LogP contribution in [-0.2, 0) is 4.79 Å². The van der Waals surface area contributed by atoms with E-state index in [0.717, 1.165) is 5.56 Å². The fraction of sp³-hybridized carbons (Fsp3) is 0.231. The van der Waals surface area contributed by atoms with E-state index < -0.39 is 0 Å². The van der Waals surface area contributed by atoms with Gasteiger partial charge < -0.3 is 9.64 Å². The first-order valence-corrected chi connectivity index (χ1v) is 7.53. The van der Waals surface area contributed by atoms with Crippen molar-refractivity contribution in [2.24, 2.45) is 5.84 Å². The van der Waals surface area contributed by atoms with Crippen molar-refractivity contribution in [3.8, 4) is 17.0 Å². The zero-order valence-electron chi connectivity index (χ0n) is 11.2. The smallest absolute Gasteiger partial charge is 0.224 e. The topological polar surface area (TPSA) is 80.5 Å². The van der Waals surface area contributed by atoms with Gasteiger partial charge in [-0.05, 0) is 12.1 Å². The zero-order valence-corrected chi connectivity index (χ0v) is 12.8. The molecule has 3 rings (SSSR count). The maximum Gasteiger partial charge on any atom is 0.224 e. The minimum absolute atomic E-state index is 0.0460. The largest absolute Gasteiger partial charge is 0.489 e. The van der Waals surface area contributed by atoms with Crippen LogP contribution >= 0.6 is 22.9 Å². The molecule has 2 heterocycles. The Bertz CT molecular complexity index is 703. The predicted molar refractivity (Wildman–Crippen MR) is 83.9 cm³/mol. The molecule has 1 aromatic carbocycles. The molecule has 1 aliphatic rings. The number of hydrazine groups is 1. The van der Waals surface area contributed by atoms with Crippen molar-refractivity contribution in [3.63, 3.8) is 0 Å². The van der Waals surface area contributed by atoms with Crippen LogP contribution in [0.15, 0.2) is 17.5 Å². The summed E-state index contributed by atoms with van der Waals surface area (Å²) in [4.78, 5) is 17.8. The molecule has 0 radical (unpaired) electrons. The third kappa shape index (κ3) is 2.55. The van der Waals surface area contributed by atoms with Gasteiger partial charge in [-0.1, -0.05) is 11.6 Å². The number of hydrogen-bond donors (Lipinski definition) is 2. The summed E-state index contributed by atoms with van der Waals surface area (Å²) < 4.78 is 5.75. The van der Waals surface area contributed by atoms with Gasteiger partial charge in [0, 0.05) is 22.9 Å². The number of benzene rings is 1. The van der Waals surface area contributed by atoms with Crippen molar-refractivity contribution in [3.05, 3.63) is 22.5 Å². The molecule has 6 nitrogen and oxygen atoms in total. The molecule has 2 aromatic rings. The summed E-state index contributed by atoms with van der Waals surface area (Å²) in [7, 11) is 0. The molecule has 0 bridgehead atoms. The number of nitrogen functional groups attached to an aromatic ring is 1. The Labute approximate surface area is 130 Å². The Morgan fingerprint density at radius 1 is 1.57 bits per heavy atom. The highest BCUT2D eigenvalue weighted by Crippen LogP contribution is 2.43. The molecule has 110 valence electrons. The third-order valence-electron chi connectivity index (χ3n) is 3.17. The lowest BCUT2D eigenvalue weighted by Crippen LogP contribution is -2.36. The quantitative estimate of drug-likeness (QED) is 0.655. The first-order chi connectivity index (χ1) is 10.1. The van der Waals surface area contributed by atoms with Crippen molar-refractivity contribution >= 4 is 39.7 Å². The number of nitrogens with zero attached hydrogens (tertiary/aromatic N) is 2. The van der Waals surface area contributed by atoms with Crippen molar-refractivity contribution in [1.82, 2.24) is 4.98 Å². The highest BCUT2D eigenvalue weighted by Gasteiger charge is 2.25. The average molecular weight is 325 g/mol. The van der Waals surface area contributed by atoms with Gasteiger partial charge >= 0.3 is 0 Å². The summed E-state index contributed by atoms with van der Waals surface area (Å²) in [5.41, 5.74) is 4.64. The summed E-state index contributed by atoms with van der Waals surface area (Å²) in [6.45, 7) is 2.47. The molecule has 0 unspecified atom stereocenters. The molecular formula is C13H13ClN4O2S. The molecule has 8 heteroatoms. The fourth-order valence-electron chi connectivity index (χ4n) is 2.27. The number of carbonyl (C=O) groups is 1. The summed E-state index contributed by atoms with van der Waals surface area (Å²) >= 11 is 7.57. The summed E-state index contributed by atoms with van der Waals surface area (Å²) in [5.74, 6) is 5.93. The van der Waals surface area contributed by atoms with Gasteiger partial charge in [0.05, 0.1) is 17.9 Å². The van der Waals surface area contributed by atoms with Crippen LogP contribution in [0.4, 0.5) is 10.8 Å². The SMILES string of the molecule is CC(=O)N1CCOc2c(-c3csc(NN)n3)cc(Cl)cc21. The summed E-state index contributed by atoms with van der Waals surface area (Å²) in [6, 6.07) is 3.51. The molecule has 1 aliphatic heterocycles. The number of anilines is 2. The molecule has 3 N–H and O–H groups in total. The Morgan fingerprint density at radius 2 is 2.38 bits per heavy atom. The molecule has 0 saturated heterocycles. The van der Waals surface area contributed by atoms with Gasteiger partial charge in [-0.15, -0.1) is 11.3 Å². The molecular weight excluding hydrogens is 312 g/mol. The number of nitrogens with two attached hydrogens (primary N) is 1. The maximum absolute atomic E-state index is 11.8. The van der Waals surface area contributed by atoms with Crippen molar-refractivity contribution < 1.29 is 9.53 Å². The van der Waals surface area contributed by atoms with E-state index in [1.54, 1.807) is 17.0 Å². The summed E-state index contributed by atoms with van der Waals surface area (Å²) in [5, 5.41) is 2.98. The highest BCUT2D eigenvalue weighted by atomic mass is 35.5. The van der Waals surface area contributed by atoms with Crippen molar-refractivity contribution in [2.45, 2.75) is 6.92 Å². The monoisotopic (exact) mass is 324 g/mol. The number of nitrogens with one attached hydrogen (secondary N) is 1. The van der Waals surface area contributed by atoms with E-state index in [9.17, 15) is 4.79 Å². The van der Waals surface area contributed by atoms with Crippen molar-refractivity contribution in [1.29, 1.82) is 0 Å². The van der Waals surface area contributed by atoms with Gasteiger partial charge in [0.15, 0.2) is 10.9 Å². The van der Waals surface area contributed by atoms with Crippen LogP contribution in [-0.4, -0.2) is 24.0 Å². The van der Waals surface area contributed by atoms with E-state index >= 15 is 0 Å². The Hall–Kier alpha value is -1.83. The lowest BCUT2D eigenvalue weighted by atomic mass is 10.1. The first kappa shape index (κ1) is 14.1. The average Bonchev–Trinajstić information content (AvgIpc) is 2.94. The number of thiazole rings is 1. The minimum Gasteiger partial charge on any atom is -0.489 e. The number of hydrogen-bond acceptors (Lipinski definition) is 6. The number of rotatable bonds is 2. The van der Waals surface area contributed by atoms with E-state index in [4.69, 9.17) is 22.2 Å². The molecule has 0 aliphatic carbocycles. The lowest BCUT2D eigenvalue weighted by Gasteiger charge is -2.30. The zero-order chi connectivity index (χ0) is 15.0. The Balaban J connectivity index is 2.15. The van der Waals surface area contributed by atoms with Crippen LogP contribution in [0.2, 0.25) is 5.02 Å². The van der Waals surface area contributed by atoms with Gasteiger partial charge in [0.2, 0.25) is 5.91 Å².